The topological polar surface area (TPSA) is 94.0 Å². The van der Waals surface area contributed by atoms with Gasteiger partial charge in [-0.2, -0.15) is 0 Å². The number of esters is 1. The van der Waals surface area contributed by atoms with Gasteiger partial charge in [-0.1, -0.05) is 182 Å². The molecule has 0 N–H and O–H groups in total. The van der Waals surface area contributed by atoms with E-state index < -0.39 is 42.7 Å². The molecule has 1 fully saturated rings. The Labute approximate surface area is 352 Å². The highest BCUT2D eigenvalue weighted by molar-refractivity contribution is 6.13. The molecule has 9 heteroatoms. The number of rotatable bonds is 20. The third-order valence-corrected chi connectivity index (χ3v) is 10.1. The number of benzene rings is 6. The van der Waals surface area contributed by atoms with Gasteiger partial charge in [0.2, 0.25) is 0 Å². The van der Waals surface area contributed by atoms with Gasteiger partial charge in [0.25, 0.3) is 0 Å². The van der Waals surface area contributed by atoms with E-state index in [9.17, 15) is 4.79 Å². The molecule has 0 amide bonds. The predicted octanol–water partition coefficient (Wildman–Crippen LogP) is 8.78. The highest BCUT2D eigenvalue weighted by Crippen LogP contribution is 2.32. The average Bonchev–Trinajstić information content (AvgIpc) is 3.31. The molecule has 1 heterocycles. The molecule has 7 rings (SSSR count). The fourth-order valence-electron chi connectivity index (χ4n) is 7.02. The van der Waals surface area contributed by atoms with Crippen molar-refractivity contribution in [2.45, 2.75) is 63.2 Å². The minimum Gasteiger partial charge on any atom is -0.467 e. The Balaban J connectivity index is 1.23. The second kappa shape index (κ2) is 22.6. The van der Waals surface area contributed by atoms with Gasteiger partial charge in [0.15, 0.2) is 12.3 Å². The zero-order valence-electron chi connectivity index (χ0n) is 33.7. The van der Waals surface area contributed by atoms with E-state index in [1.54, 1.807) is 0 Å². The van der Waals surface area contributed by atoms with Crippen molar-refractivity contribution in [1.29, 1.82) is 0 Å². The third kappa shape index (κ3) is 12.1. The van der Waals surface area contributed by atoms with Crippen molar-refractivity contribution in [3.63, 3.8) is 0 Å². The predicted molar refractivity (Wildman–Crippen MR) is 230 cm³/mol. The molecule has 6 aromatic rings. The summed E-state index contributed by atoms with van der Waals surface area (Å²) in [6, 6.07) is 58.2. The number of carbonyl (C=O) groups is 1. The molecule has 0 radical (unpaired) electrons. The van der Waals surface area contributed by atoms with Crippen LogP contribution in [-0.2, 0) is 64.4 Å². The molecule has 0 saturated carbocycles. The first-order chi connectivity index (χ1) is 29.6. The van der Waals surface area contributed by atoms with Gasteiger partial charge in [0.1, 0.15) is 24.4 Å². The molecular weight excluding hydrogens is 755 g/mol. The Morgan fingerprint density at radius 2 is 0.917 bits per heavy atom. The molecule has 60 heavy (non-hydrogen) atoms. The molecule has 1 aliphatic rings. The van der Waals surface area contributed by atoms with E-state index in [4.69, 9.17) is 38.2 Å². The minimum atomic E-state index is -1.05. The first kappa shape index (κ1) is 42.3. The molecule has 6 atom stereocenters. The van der Waals surface area contributed by atoms with E-state index in [0.717, 1.165) is 33.4 Å². The summed E-state index contributed by atoms with van der Waals surface area (Å²) in [6.07, 6.45) is -3.86. The first-order valence-electron chi connectivity index (χ1n) is 20.3. The number of ether oxygens (including phenoxy) is 7. The lowest BCUT2D eigenvalue weighted by atomic mass is 9.97. The summed E-state index contributed by atoms with van der Waals surface area (Å²) in [6.45, 7) is 1.17. The zero-order chi connectivity index (χ0) is 41.2. The van der Waals surface area contributed by atoms with E-state index in [1.807, 2.05) is 182 Å². The number of aliphatic imine (C=N–C) groups is 1. The number of carbonyl (C=O) groups excluding carboxylic acids is 1. The lowest BCUT2D eigenvalue weighted by Crippen LogP contribution is -2.62. The molecule has 308 valence electrons. The maximum Gasteiger partial charge on any atom is 0.333 e. The van der Waals surface area contributed by atoms with Gasteiger partial charge in [-0.15, -0.1) is 0 Å². The van der Waals surface area contributed by atoms with Crippen LogP contribution < -0.4 is 0 Å². The molecular formula is C51H51NO8. The van der Waals surface area contributed by atoms with E-state index in [0.29, 0.717) is 18.9 Å². The second-order valence-electron chi connectivity index (χ2n) is 14.4. The maximum atomic E-state index is 13.6. The van der Waals surface area contributed by atoms with Crippen molar-refractivity contribution in [2.75, 3.05) is 20.3 Å². The van der Waals surface area contributed by atoms with Gasteiger partial charge in [-0.05, 0) is 22.3 Å². The Bertz CT molecular complexity index is 2120. The summed E-state index contributed by atoms with van der Waals surface area (Å²) in [4.78, 5) is 18.6. The van der Waals surface area contributed by atoms with Crippen molar-refractivity contribution in [1.82, 2.24) is 0 Å². The molecule has 9 nitrogen and oxygen atoms in total. The number of hydrogen-bond acceptors (Lipinski definition) is 9. The standard InChI is InChI=1S/C51H51NO8/c1-54-50(53)44(52-46(42-28-16-6-17-29-42)43-30-18-7-19-31-43)36-59-51-49(58-35-41-26-14-5-15-27-41)48(57-34-40-24-12-4-13-25-40)47(56-33-39-22-10-3-11-23-39)45(60-51)37-55-32-38-20-8-2-9-21-38/h2-31,44-45,47-49,51H,32-37H2,1H3/t44?,45-,47-,48+,49-,51+/m1/s1. The van der Waals surface area contributed by atoms with Gasteiger partial charge < -0.3 is 33.2 Å². The quantitative estimate of drug-likeness (QED) is 0.0559. The van der Waals surface area contributed by atoms with Crippen molar-refractivity contribution >= 4 is 11.7 Å². The second-order valence-corrected chi connectivity index (χ2v) is 14.4. The van der Waals surface area contributed by atoms with Gasteiger partial charge in [-0.3, -0.25) is 4.99 Å². The number of methoxy groups -OCH3 is 1. The van der Waals surface area contributed by atoms with Crippen LogP contribution in [0.2, 0.25) is 0 Å². The van der Waals surface area contributed by atoms with Crippen LogP contribution in [0.15, 0.2) is 187 Å². The zero-order valence-corrected chi connectivity index (χ0v) is 33.7. The van der Waals surface area contributed by atoms with E-state index in [1.165, 1.54) is 7.11 Å². The van der Waals surface area contributed by atoms with Crippen LogP contribution in [0.5, 0.6) is 0 Å². The third-order valence-electron chi connectivity index (χ3n) is 10.1. The lowest BCUT2D eigenvalue weighted by molar-refractivity contribution is -0.328. The van der Waals surface area contributed by atoms with Gasteiger partial charge in [-0.25, -0.2) is 4.79 Å². The smallest absolute Gasteiger partial charge is 0.333 e. The fraction of sp³-hybridized carbons (Fsp3) is 0.255. The van der Waals surface area contributed by atoms with Crippen LogP contribution in [0.3, 0.4) is 0 Å². The number of hydrogen-bond donors (Lipinski definition) is 0. The van der Waals surface area contributed by atoms with Crippen molar-refractivity contribution in [3.05, 3.63) is 215 Å². The van der Waals surface area contributed by atoms with Gasteiger partial charge >= 0.3 is 5.97 Å². The summed E-state index contributed by atoms with van der Waals surface area (Å²) in [5, 5.41) is 0. The van der Waals surface area contributed by atoms with Crippen molar-refractivity contribution < 1.29 is 38.0 Å². The van der Waals surface area contributed by atoms with E-state index in [2.05, 4.69) is 0 Å². The van der Waals surface area contributed by atoms with Crippen LogP contribution in [0, 0.1) is 0 Å². The summed E-state index contributed by atoms with van der Waals surface area (Å²) < 4.78 is 45.6. The van der Waals surface area contributed by atoms with E-state index >= 15 is 0 Å². The van der Waals surface area contributed by atoms with E-state index in [-0.39, 0.29) is 26.4 Å². The SMILES string of the molecule is COC(=O)C(CO[C@H]1O[C@H](COCc2ccccc2)[C@@H](OCc2ccccc2)[C@H](OCc2ccccc2)[C@H]1OCc1ccccc1)N=C(c1ccccc1)c1ccccc1. The summed E-state index contributed by atoms with van der Waals surface area (Å²) >= 11 is 0. The molecule has 1 aliphatic heterocycles. The maximum absolute atomic E-state index is 13.6. The van der Waals surface area contributed by atoms with Gasteiger partial charge in [0, 0.05) is 11.1 Å². The normalized spacial score (nSPS) is 19.2. The summed E-state index contributed by atoms with van der Waals surface area (Å²) in [5.41, 5.74) is 6.28. The van der Waals surface area contributed by atoms with Crippen LogP contribution in [-0.4, -0.2) is 68.8 Å². The van der Waals surface area contributed by atoms with Gasteiger partial charge in [0.05, 0.1) is 52.5 Å². The average molecular weight is 806 g/mol. The summed E-state index contributed by atoms with van der Waals surface area (Å²) in [5.74, 6) is -0.555. The molecule has 1 saturated heterocycles. The van der Waals surface area contributed by atoms with Crippen molar-refractivity contribution in [3.8, 4) is 0 Å². The Kier molecular flexibility index (Phi) is 15.9. The molecule has 0 aliphatic carbocycles. The summed E-state index contributed by atoms with van der Waals surface area (Å²) in [7, 11) is 1.35. The van der Waals surface area contributed by atoms with Crippen LogP contribution in [0.1, 0.15) is 33.4 Å². The molecule has 0 spiro atoms. The Morgan fingerprint density at radius 3 is 1.37 bits per heavy atom. The molecule has 6 aromatic carbocycles. The molecule has 0 aromatic heterocycles. The van der Waals surface area contributed by atoms with Crippen LogP contribution in [0.4, 0.5) is 0 Å². The largest absolute Gasteiger partial charge is 0.467 e. The number of nitrogens with zero attached hydrogens (tertiary/aromatic N) is 1. The Morgan fingerprint density at radius 1 is 0.517 bits per heavy atom. The Hall–Kier alpha value is -5.78. The molecule has 0 bridgehead atoms. The monoisotopic (exact) mass is 805 g/mol. The fourth-order valence-corrected chi connectivity index (χ4v) is 7.02. The van der Waals surface area contributed by atoms with Crippen LogP contribution in [0.25, 0.3) is 0 Å². The van der Waals surface area contributed by atoms with Crippen molar-refractivity contribution in [2.24, 2.45) is 4.99 Å². The minimum absolute atomic E-state index is 0.162. The molecule has 1 unspecified atom stereocenters. The van der Waals surface area contributed by atoms with Crippen LogP contribution >= 0.6 is 0 Å². The highest BCUT2D eigenvalue weighted by atomic mass is 16.7. The first-order valence-corrected chi connectivity index (χ1v) is 20.3. The highest BCUT2D eigenvalue weighted by Gasteiger charge is 2.49. The lowest BCUT2D eigenvalue weighted by Gasteiger charge is -2.46.